The number of nitrogens with zero attached hydrogens (tertiary/aromatic N) is 1. The minimum atomic E-state index is -0.120. The number of hydrogen-bond acceptors (Lipinski definition) is 4. The lowest BCUT2D eigenvalue weighted by Crippen LogP contribution is -2.42. The van der Waals surface area contributed by atoms with Gasteiger partial charge in [0.25, 0.3) is 5.91 Å². The predicted octanol–water partition coefficient (Wildman–Crippen LogP) is 3.89. The predicted molar refractivity (Wildman–Crippen MR) is 104 cm³/mol. The van der Waals surface area contributed by atoms with Crippen LogP contribution in [0.15, 0.2) is 41.6 Å². The van der Waals surface area contributed by atoms with Gasteiger partial charge < -0.3 is 14.9 Å². The summed E-state index contributed by atoms with van der Waals surface area (Å²) in [6, 6.07) is 12.2. The number of carbonyl (C=O) groups excluding carboxylic acids is 1. The summed E-state index contributed by atoms with van der Waals surface area (Å²) in [5.41, 5.74) is 0.840. The lowest BCUT2D eigenvalue weighted by molar-refractivity contribution is -0.126. The smallest absolute Gasteiger partial charge is 0.261 e. The number of fused-ring (bicyclic) bond motifs is 1. The fraction of sp³-hybridized carbons (Fsp3) is 0.429. The number of hydrogen-bond donors (Lipinski definition) is 1. The van der Waals surface area contributed by atoms with Crippen molar-refractivity contribution >= 4 is 22.9 Å². The van der Waals surface area contributed by atoms with Crippen LogP contribution in [0.5, 0.6) is 5.75 Å². The Morgan fingerprint density at radius 2 is 2.04 bits per heavy atom. The van der Waals surface area contributed by atoms with Crippen LogP contribution in [-0.4, -0.2) is 31.9 Å². The van der Waals surface area contributed by atoms with Gasteiger partial charge in [0.2, 0.25) is 0 Å². The second-order valence-corrected chi connectivity index (χ2v) is 6.85. The zero-order chi connectivity index (χ0) is 18.4. The van der Waals surface area contributed by atoms with Gasteiger partial charge in [0.05, 0.1) is 13.3 Å². The molecule has 0 spiro atoms. The van der Waals surface area contributed by atoms with Crippen LogP contribution in [0.3, 0.4) is 0 Å². The van der Waals surface area contributed by atoms with Crippen molar-refractivity contribution < 1.29 is 14.4 Å². The van der Waals surface area contributed by atoms with Gasteiger partial charge in [-0.3, -0.25) is 4.79 Å². The van der Waals surface area contributed by atoms with E-state index in [4.69, 9.17) is 9.57 Å². The van der Waals surface area contributed by atoms with Gasteiger partial charge in [-0.2, -0.15) is 0 Å². The van der Waals surface area contributed by atoms with Crippen molar-refractivity contribution in [2.45, 2.75) is 38.6 Å². The van der Waals surface area contributed by atoms with E-state index in [1.807, 2.05) is 36.4 Å². The molecule has 0 heterocycles. The molecule has 3 rings (SSSR count). The number of rotatable bonds is 6. The molecule has 0 radical (unpaired) electrons. The van der Waals surface area contributed by atoms with E-state index in [0.717, 1.165) is 28.5 Å². The van der Waals surface area contributed by atoms with Gasteiger partial charge in [0.1, 0.15) is 5.75 Å². The van der Waals surface area contributed by atoms with Crippen LogP contribution in [0.4, 0.5) is 0 Å². The molecule has 2 aromatic carbocycles. The Bertz CT molecular complexity index is 788. The topological polar surface area (TPSA) is 59.9 Å². The minimum Gasteiger partial charge on any atom is -0.496 e. The molecule has 1 fully saturated rings. The molecule has 2 unspecified atom stereocenters. The van der Waals surface area contributed by atoms with E-state index in [0.29, 0.717) is 5.92 Å². The molecule has 5 heteroatoms. The van der Waals surface area contributed by atoms with Crippen LogP contribution >= 0.6 is 0 Å². The minimum absolute atomic E-state index is 0.0766. The lowest BCUT2D eigenvalue weighted by atomic mass is 9.86. The van der Waals surface area contributed by atoms with Crippen molar-refractivity contribution in [3.05, 3.63) is 42.0 Å². The Balaban J connectivity index is 1.60. The molecule has 26 heavy (non-hydrogen) atoms. The molecule has 1 aliphatic rings. The zero-order valence-corrected chi connectivity index (χ0v) is 15.4. The quantitative estimate of drug-likeness (QED) is 0.632. The summed E-state index contributed by atoms with van der Waals surface area (Å²) in [4.78, 5) is 17.3. The van der Waals surface area contributed by atoms with Gasteiger partial charge in [-0.15, -0.1) is 0 Å². The van der Waals surface area contributed by atoms with Crippen LogP contribution < -0.4 is 10.1 Å². The highest BCUT2D eigenvalue weighted by Crippen LogP contribution is 2.26. The highest BCUT2D eigenvalue weighted by atomic mass is 16.6. The van der Waals surface area contributed by atoms with Crippen molar-refractivity contribution in [2.24, 2.45) is 11.1 Å². The third kappa shape index (κ3) is 4.34. The zero-order valence-electron chi connectivity index (χ0n) is 15.4. The average molecular weight is 354 g/mol. The summed E-state index contributed by atoms with van der Waals surface area (Å²) in [5, 5.41) is 9.17. The van der Waals surface area contributed by atoms with E-state index >= 15 is 0 Å². The van der Waals surface area contributed by atoms with Crippen molar-refractivity contribution in [3.63, 3.8) is 0 Å². The normalized spacial score (nSPS) is 20.2. The summed E-state index contributed by atoms with van der Waals surface area (Å²) >= 11 is 0. The number of ether oxygens (including phenoxy) is 1. The number of oxime groups is 1. The molecular weight excluding hydrogens is 328 g/mol. The largest absolute Gasteiger partial charge is 0.496 e. The van der Waals surface area contributed by atoms with Crippen molar-refractivity contribution in [3.8, 4) is 5.75 Å². The third-order valence-electron chi connectivity index (χ3n) is 5.06. The second-order valence-electron chi connectivity index (χ2n) is 6.85. The highest BCUT2D eigenvalue weighted by Gasteiger charge is 2.22. The first-order chi connectivity index (χ1) is 12.7. The Kier molecular flexibility index (Phi) is 6.10. The van der Waals surface area contributed by atoms with Crippen molar-refractivity contribution in [1.29, 1.82) is 0 Å². The second kappa shape index (κ2) is 8.70. The van der Waals surface area contributed by atoms with E-state index in [-0.39, 0.29) is 18.6 Å². The molecule has 0 bridgehead atoms. The van der Waals surface area contributed by atoms with E-state index in [9.17, 15) is 4.79 Å². The van der Waals surface area contributed by atoms with Crippen LogP contribution in [0.2, 0.25) is 0 Å². The van der Waals surface area contributed by atoms with Crippen molar-refractivity contribution in [1.82, 2.24) is 5.32 Å². The summed E-state index contributed by atoms with van der Waals surface area (Å²) in [5.74, 6) is 1.12. The molecule has 1 aliphatic carbocycles. The summed E-state index contributed by atoms with van der Waals surface area (Å²) in [7, 11) is 1.63. The molecule has 2 aromatic rings. The number of methoxy groups -OCH3 is 1. The van der Waals surface area contributed by atoms with E-state index < -0.39 is 0 Å². The molecular formula is C21H26N2O3. The Morgan fingerprint density at radius 3 is 2.85 bits per heavy atom. The van der Waals surface area contributed by atoms with Crippen LogP contribution in [0, 0.1) is 5.92 Å². The molecule has 0 saturated heterocycles. The van der Waals surface area contributed by atoms with Gasteiger partial charge >= 0.3 is 0 Å². The van der Waals surface area contributed by atoms with E-state index in [1.165, 1.54) is 19.3 Å². The van der Waals surface area contributed by atoms with E-state index in [2.05, 4.69) is 17.4 Å². The van der Waals surface area contributed by atoms with Gasteiger partial charge in [-0.05, 0) is 35.6 Å². The average Bonchev–Trinajstić information content (AvgIpc) is 2.67. The van der Waals surface area contributed by atoms with Crippen LogP contribution in [0.1, 0.15) is 38.2 Å². The van der Waals surface area contributed by atoms with Gasteiger partial charge in [-0.25, -0.2) is 0 Å². The Morgan fingerprint density at radius 1 is 1.23 bits per heavy atom. The molecule has 2 atom stereocenters. The fourth-order valence-corrected chi connectivity index (χ4v) is 3.55. The molecule has 138 valence electrons. The first kappa shape index (κ1) is 18.2. The molecule has 1 amide bonds. The molecule has 5 nitrogen and oxygen atoms in total. The fourth-order valence-electron chi connectivity index (χ4n) is 3.55. The van der Waals surface area contributed by atoms with Gasteiger partial charge in [-0.1, -0.05) is 55.3 Å². The molecule has 1 N–H and O–H groups in total. The third-order valence-corrected chi connectivity index (χ3v) is 5.06. The number of nitrogens with one attached hydrogen (secondary N) is 1. The van der Waals surface area contributed by atoms with Gasteiger partial charge in [0, 0.05) is 11.6 Å². The maximum absolute atomic E-state index is 12.1. The van der Waals surface area contributed by atoms with Crippen molar-refractivity contribution in [2.75, 3.05) is 13.7 Å². The standard InChI is InChI=1S/C21H26N2O3/c1-15-7-3-6-10-19(15)23-21(24)14-26-22-13-18-17-9-5-4-8-16(17)11-12-20(18)25-2/h4-5,8-9,11-13,15,19H,3,6-7,10,14H2,1-2H3,(H,23,24)/b22-13+. The SMILES string of the molecule is COc1ccc2ccccc2c1/C=N/OCC(=O)NC1CCCCC1C. The van der Waals surface area contributed by atoms with Gasteiger partial charge in [0.15, 0.2) is 6.61 Å². The first-order valence-electron chi connectivity index (χ1n) is 9.19. The summed E-state index contributed by atoms with van der Waals surface area (Å²) in [6.45, 7) is 2.11. The molecule has 1 saturated carbocycles. The molecule has 0 aliphatic heterocycles. The van der Waals surface area contributed by atoms with E-state index in [1.54, 1.807) is 13.3 Å². The monoisotopic (exact) mass is 354 g/mol. The number of carbonyl (C=O) groups is 1. The summed E-state index contributed by atoms with van der Waals surface area (Å²) in [6.07, 6.45) is 6.25. The summed E-state index contributed by atoms with van der Waals surface area (Å²) < 4.78 is 5.42. The van der Waals surface area contributed by atoms with Crippen LogP contribution in [0.25, 0.3) is 10.8 Å². The maximum Gasteiger partial charge on any atom is 0.261 e. The molecule has 0 aromatic heterocycles. The lowest BCUT2D eigenvalue weighted by Gasteiger charge is -2.29. The maximum atomic E-state index is 12.1. The Labute approximate surface area is 154 Å². The Hall–Kier alpha value is -2.56. The first-order valence-corrected chi connectivity index (χ1v) is 9.19. The highest BCUT2D eigenvalue weighted by molar-refractivity contribution is 6.02. The number of amides is 1. The van der Waals surface area contributed by atoms with Crippen LogP contribution in [-0.2, 0) is 9.63 Å². The number of benzene rings is 2.